The van der Waals surface area contributed by atoms with Crippen LogP contribution >= 0.6 is 0 Å². The standard InChI is InChI=1S/C16H26N2O2/c1-2-5-13(10-11-17)8-9-16(20)18-12-14-6-3-4-7-15(14)19/h3-4,6-7,13,19H,2,5,8-12,17H2,1H3,(H,18,20). The molecule has 0 spiro atoms. The zero-order chi connectivity index (χ0) is 14.8. The minimum absolute atomic E-state index is 0.0337. The number of benzene rings is 1. The van der Waals surface area contributed by atoms with Crippen molar-refractivity contribution in [1.29, 1.82) is 0 Å². The maximum Gasteiger partial charge on any atom is 0.220 e. The van der Waals surface area contributed by atoms with Crippen LogP contribution in [0.2, 0.25) is 0 Å². The number of phenolic OH excluding ortho intramolecular Hbond substituents is 1. The van der Waals surface area contributed by atoms with E-state index in [2.05, 4.69) is 12.2 Å². The van der Waals surface area contributed by atoms with Crippen molar-refractivity contribution in [2.45, 2.75) is 45.6 Å². The second-order valence-corrected chi connectivity index (χ2v) is 5.18. The van der Waals surface area contributed by atoms with Crippen LogP contribution in [0.5, 0.6) is 5.75 Å². The fourth-order valence-corrected chi connectivity index (χ4v) is 2.35. The molecule has 0 heterocycles. The van der Waals surface area contributed by atoms with Crippen molar-refractivity contribution in [3.05, 3.63) is 29.8 Å². The van der Waals surface area contributed by atoms with Gasteiger partial charge in [-0.15, -0.1) is 0 Å². The number of aromatic hydroxyl groups is 1. The van der Waals surface area contributed by atoms with Crippen molar-refractivity contribution < 1.29 is 9.90 Å². The van der Waals surface area contributed by atoms with E-state index in [1.54, 1.807) is 12.1 Å². The Kier molecular flexibility index (Phi) is 7.73. The summed E-state index contributed by atoms with van der Waals surface area (Å²) < 4.78 is 0. The number of hydrogen-bond acceptors (Lipinski definition) is 3. The molecule has 20 heavy (non-hydrogen) atoms. The van der Waals surface area contributed by atoms with Gasteiger partial charge in [0.05, 0.1) is 0 Å². The van der Waals surface area contributed by atoms with Crippen molar-refractivity contribution in [2.24, 2.45) is 11.7 Å². The van der Waals surface area contributed by atoms with Gasteiger partial charge in [-0.05, 0) is 31.4 Å². The summed E-state index contributed by atoms with van der Waals surface area (Å²) >= 11 is 0. The van der Waals surface area contributed by atoms with Crippen molar-refractivity contribution in [2.75, 3.05) is 6.54 Å². The summed E-state index contributed by atoms with van der Waals surface area (Å²) in [4.78, 5) is 11.8. The van der Waals surface area contributed by atoms with Crippen molar-refractivity contribution in [1.82, 2.24) is 5.32 Å². The predicted molar refractivity (Wildman–Crippen MR) is 81.3 cm³/mol. The Hall–Kier alpha value is -1.55. The molecule has 4 heteroatoms. The first-order valence-corrected chi connectivity index (χ1v) is 7.41. The Bertz CT molecular complexity index is 401. The lowest BCUT2D eigenvalue weighted by molar-refractivity contribution is -0.121. The number of amides is 1. The third-order valence-corrected chi connectivity index (χ3v) is 3.52. The van der Waals surface area contributed by atoms with Crippen LogP contribution in [0.4, 0.5) is 0 Å². The molecule has 112 valence electrons. The summed E-state index contributed by atoms with van der Waals surface area (Å²) in [6.07, 6.45) is 4.66. The van der Waals surface area contributed by atoms with E-state index in [1.165, 1.54) is 0 Å². The lowest BCUT2D eigenvalue weighted by Crippen LogP contribution is -2.23. The van der Waals surface area contributed by atoms with Gasteiger partial charge in [-0.1, -0.05) is 38.0 Å². The van der Waals surface area contributed by atoms with E-state index >= 15 is 0 Å². The minimum Gasteiger partial charge on any atom is -0.508 e. The molecule has 0 aliphatic carbocycles. The Balaban J connectivity index is 2.31. The van der Waals surface area contributed by atoms with E-state index in [1.807, 2.05) is 12.1 Å². The first kappa shape index (κ1) is 16.5. The van der Waals surface area contributed by atoms with Crippen LogP contribution in [0.1, 0.15) is 44.6 Å². The summed E-state index contributed by atoms with van der Waals surface area (Å²) in [6, 6.07) is 7.05. The van der Waals surface area contributed by atoms with Gasteiger partial charge in [-0.3, -0.25) is 4.79 Å². The minimum atomic E-state index is 0.0337. The molecule has 1 amide bonds. The molecule has 1 unspecified atom stereocenters. The molecular weight excluding hydrogens is 252 g/mol. The first-order chi connectivity index (χ1) is 9.67. The van der Waals surface area contributed by atoms with Crippen LogP contribution in [0.25, 0.3) is 0 Å². The number of carbonyl (C=O) groups is 1. The molecule has 0 bridgehead atoms. The van der Waals surface area contributed by atoms with Crippen LogP contribution in [-0.2, 0) is 11.3 Å². The highest BCUT2D eigenvalue weighted by Gasteiger charge is 2.10. The van der Waals surface area contributed by atoms with E-state index in [9.17, 15) is 9.90 Å². The molecule has 0 radical (unpaired) electrons. The summed E-state index contributed by atoms with van der Waals surface area (Å²) in [5.74, 6) is 0.798. The van der Waals surface area contributed by atoms with Crippen molar-refractivity contribution in [3.63, 3.8) is 0 Å². The van der Waals surface area contributed by atoms with Gasteiger partial charge < -0.3 is 16.2 Å². The van der Waals surface area contributed by atoms with Crippen LogP contribution in [-0.4, -0.2) is 17.6 Å². The van der Waals surface area contributed by atoms with Gasteiger partial charge in [0.2, 0.25) is 5.91 Å². The fraction of sp³-hybridized carbons (Fsp3) is 0.562. The summed E-state index contributed by atoms with van der Waals surface area (Å²) in [5.41, 5.74) is 6.33. The number of nitrogens with one attached hydrogen (secondary N) is 1. The Morgan fingerprint density at radius 1 is 1.30 bits per heavy atom. The summed E-state index contributed by atoms with van der Waals surface area (Å²) in [7, 11) is 0. The first-order valence-electron chi connectivity index (χ1n) is 7.41. The Morgan fingerprint density at radius 3 is 2.70 bits per heavy atom. The lowest BCUT2D eigenvalue weighted by Gasteiger charge is -2.14. The van der Waals surface area contributed by atoms with Crippen LogP contribution in [0.3, 0.4) is 0 Å². The maximum absolute atomic E-state index is 11.8. The molecule has 0 aliphatic rings. The van der Waals surface area contributed by atoms with Crippen LogP contribution in [0.15, 0.2) is 24.3 Å². The zero-order valence-electron chi connectivity index (χ0n) is 12.3. The lowest BCUT2D eigenvalue weighted by atomic mass is 9.94. The quantitative estimate of drug-likeness (QED) is 0.650. The number of nitrogens with two attached hydrogens (primary N) is 1. The highest BCUT2D eigenvalue weighted by molar-refractivity contribution is 5.75. The highest BCUT2D eigenvalue weighted by atomic mass is 16.3. The molecule has 0 aromatic heterocycles. The van der Waals surface area contributed by atoms with Crippen LogP contribution < -0.4 is 11.1 Å². The van der Waals surface area contributed by atoms with Gasteiger partial charge >= 0.3 is 0 Å². The van der Waals surface area contributed by atoms with Gasteiger partial charge in [0.15, 0.2) is 0 Å². The second kappa shape index (κ2) is 9.37. The second-order valence-electron chi connectivity index (χ2n) is 5.18. The zero-order valence-corrected chi connectivity index (χ0v) is 12.3. The van der Waals surface area contributed by atoms with E-state index < -0.39 is 0 Å². The molecule has 0 fully saturated rings. The average molecular weight is 278 g/mol. The van der Waals surface area contributed by atoms with E-state index in [0.717, 1.165) is 31.2 Å². The molecule has 0 aliphatic heterocycles. The van der Waals surface area contributed by atoms with E-state index in [-0.39, 0.29) is 11.7 Å². The topological polar surface area (TPSA) is 75.4 Å². The number of para-hydroxylation sites is 1. The highest BCUT2D eigenvalue weighted by Crippen LogP contribution is 2.17. The van der Waals surface area contributed by atoms with E-state index in [4.69, 9.17) is 5.73 Å². The van der Waals surface area contributed by atoms with Gasteiger partial charge in [0, 0.05) is 18.5 Å². The van der Waals surface area contributed by atoms with Crippen molar-refractivity contribution in [3.8, 4) is 5.75 Å². The largest absolute Gasteiger partial charge is 0.508 e. The molecule has 1 aromatic carbocycles. The third kappa shape index (κ3) is 6.06. The SMILES string of the molecule is CCCC(CCN)CCC(=O)NCc1ccccc1O. The Morgan fingerprint density at radius 2 is 2.05 bits per heavy atom. The predicted octanol–water partition coefficient (Wildman–Crippen LogP) is 2.55. The average Bonchev–Trinajstić information content (AvgIpc) is 2.44. The fourth-order valence-electron chi connectivity index (χ4n) is 2.35. The number of rotatable bonds is 9. The smallest absolute Gasteiger partial charge is 0.220 e. The molecule has 4 N–H and O–H groups in total. The van der Waals surface area contributed by atoms with Crippen molar-refractivity contribution >= 4 is 5.91 Å². The molecule has 4 nitrogen and oxygen atoms in total. The normalized spacial score (nSPS) is 12.1. The molecule has 1 atom stereocenters. The summed E-state index contributed by atoms with van der Waals surface area (Å²) in [6.45, 7) is 3.22. The number of hydrogen-bond donors (Lipinski definition) is 3. The Labute approximate surface area is 121 Å². The maximum atomic E-state index is 11.8. The van der Waals surface area contributed by atoms with E-state index in [0.29, 0.717) is 25.4 Å². The summed E-state index contributed by atoms with van der Waals surface area (Å²) in [5, 5.41) is 12.5. The van der Waals surface area contributed by atoms with Crippen LogP contribution in [0, 0.1) is 5.92 Å². The number of phenols is 1. The number of carbonyl (C=O) groups excluding carboxylic acids is 1. The molecule has 0 saturated carbocycles. The van der Waals surface area contributed by atoms with Gasteiger partial charge in [0.25, 0.3) is 0 Å². The van der Waals surface area contributed by atoms with Gasteiger partial charge in [-0.25, -0.2) is 0 Å². The monoisotopic (exact) mass is 278 g/mol. The van der Waals surface area contributed by atoms with Gasteiger partial charge in [0.1, 0.15) is 5.75 Å². The molecule has 0 saturated heterocycles. The molecule has 1 rings (SSSR count). The molecule has 1 aromatic rings. The van der Waals surface area contributed by atoms with Gasteiger partial charge in [-0.2, -0.15) is 0 Å². The molecular formula is C16H26N2O2. The third-order valence-electron chi connectivity index (χ3n) is 3.52.